The summed E-state index contributed by atoms with van der Waals surface area (Å²) in [4.78, 5) is 14.3. The summed E-state index contributed by atoms with van der Waals surface area (Å²) in [6.45, 7) is 0.0738. The van der Waals surface area contributed by atoms with Gasteiger partial charge in [0, 0.05) is 10.7 Å². The Morgan fingerprint density at radius 1 is 0.969 bits per heavy atom. The van der Waals surface area contributed by atoms with Crippen LogP contribution in [0.4, 0.5) is 18.9 Å². The predicted octanol–water partition coefficient (Wildman–Crippen LogP) is 5.62. The van der Waals surface area contributed by atoms with Crippen LogP contribution in [0.2, 0.25) is 5.02 Å². The maximum Gasteiger partial charge on any atom is 0.416 e. The van der Waals surface area contributed by atoms with Gasteiger partial charge in [-0.2, -0.15) is 13.2 Å². The highest BCUT2D eigenvalue weighted by Crippen LogP contribution is 2.45. The summed E-state index contributed by atoms with van der Waals surface area (Å²) in [6, 6.07) is 15.6. The Morgan fingerprint density at radius 2 is 1.72 bits per heavy atom. The van der Waals surface area contributed by atoms with Gasteiger partial charge in [-0.3, -0.25) is 9.69 Å². The maximum absolute atomic E-state index is 13.2. The first-order chi connectivity index (χ1) is 15.3. The number of benzene rings is 3. The molecule has 2 heterocycles. The number of ether oxygens (including phenoxy) is 3. The van der Waals surface area contributed by atoms with Gasteiger partial charge in [-0.1, -0.05) is 23.7 Å². The molecule has 32 heavy (non-hydrogen) atoms. The molecule has 0 unspecified atom stereocenters. The van der Waals surface area contributed by atoms with Gasteiger partial charge in [0.15, 0.2) is 11.5 Å². The zero-order chi connectivity index (χ0) is 22.5. The molecule has 3 aromatic carbocycles. The van der Waals surface area contributed by atoms with Gasteiger partial charge < -0.3 is 14.2 Å². The molecule has 164 valence electrons. The van der Waals surface area contributed by atoms with Crippen LogP contribution in [0.1, 0.15) is 17.2 Å². The molecular formula is C23H15ClF3NO4. The van der Waals surface area contributed by atoms with E-state index in [1.54, 1.807) is 42.5 Å². The van der Waals surface area contributed by atoms with Crippen LogP contribution in [-0.2, 0) is 11.0 Å². The summed E-state index contributed by atoms with van der Waals surface area (Å²) < 4.78 is 56.4. The average Bonchev–Trinajstić information content (AvgIpc) is 3.24. The third-order valence-electron chi connectivity index (χ3n) is 5.31. The van der Waals surface area contributed by atoms with E-state index in [9.17, 15) is 18.0 Å². The van der Waals surface area contributed by atoms with Crippen LogP contribution in [0.3, 0.4) is 0 Å². The van der Waals surface area contributed by atoms with Gasteiger partial charge >= 0.3 is 6.18 Å². The Bertz CT molecular complexity index is 1180. The van der Waals surface area contributed by atoms with Crippen molar-refractivity contribution >= 4 is 23.2 Å². The van der Waals surface area contributed by atoms with Gasteiger partial charge in [0.25, 0.3) is 5.91 Å². The number of hydrogen-bond acceptors (Lipinski definition) is 4. The van der Waals surface area contributed by atoms with Crippen molar-refractivity contribution in [2.45, 2.75) is 18.3 Å². The van der Waals surface area contributed by atoms with E-state index in [4.69, 9.17) is 25.8 Å². The quantitative estimate of drug-likeness (QED) is 0.473. The predicted molar refractivity (Wildman–Crippen MR) is 110 cm³/mol. The second-order valence-corrected chi connectivity index (χ2v) is 7.74. The van der Waals surface area contributed by atoms with Crippen LogP contribution >= 0.6 is 11.6 Å². The lowest BCUT2D eigenvalue weighted by atomic mass is 9.89. The van der Waals surface area contributed by atoms with Gasteiger partial charge in [-0.15, -0.1) is 0 Å². The Morgan fingerprint density at radius 3 is 2.47 bits per heavy atom. The molecule has 2 aliphatic heterocycles. The number of halogens is 4. The van der Waals surface area contributed by atoms with Gasteiger partial charge in [-0.25, -0.2) is 0 Å². The molecule has 0 N–H and O–H groups in total. The number of carbonyl (C=O) groups is 1. The van der Waals surface area contributed by atoms with E-state index in [-0.39, 0.29) is 12.5 Å². The molecule has 2 atom stereocenters. The molecule has 0 radical (unpaired) electrons. The van der Waals surface area contributed by atoms with E-state index in [1.165, 1.54) is 17.0 Å². The normalized spacial score (nSPS) is 19.6. The number of hydrogen-bond donors (Lipinski definition) is 0. The van der Waals surface area contributed by atoms with E-state index in [0.29, 0.717) is 27.8 Å². The highest BCUT2D eigenvalue weighted by atomic mass is 35.5. The molecule has 0 bridgehead atoms. The smallest absolute Gasteiger partial charge is 0.416 e. The highest BCUT2D eigenvalue weighted by molar-refractivity contribution is 6.30. The molecule has 3 aromatic rings. The van der Waals surface area contributed by atoms with Crippen LogP contribution in [0.5, 0.6) is 17.2 Å². The fraction of sp³-hybridized carbons (Fsp3) is 0.174. The first-order valence-electron chi connectivity index (χ1n) is 9.63. The van der Waals surface area contributed by atoms with Crippen molar-refractivity contribution in [3.8, 4) is 17.2 Å². The summed E-state index contributed by atoms with van der Waals surface area (Å²) >= 11 is 5.91. The topological polar surface area (TPSA) is 48.0 Å². The number of rotatable bonds is 4. The standard InChI is InChI=1S/C23H15ClF3NO4/c24-15-5-7-17(8-6-15)32-21-20(13-4-9-18-19(10-13)31-12-30-18)28(22(21)29)16-3-1-2-14(11-16)23(25,26)27/h1-11,20-21H,12H2/t20-,21-/m1/s1. The second-order valence-electron chi connectivity index (χ2n) is 7.31. The third kappa shape index (κ3) is 3.60. The summed E-state index contributed by atoms with van der Waals surface area (Å²) in [5.74, 6) is 1.01. The van der Waals surface area contributed by atoms with Gasteiger partial charge in [-0.05, 0) is 60.2 Å². The fourth-order valence-electron chi connectivity index (χ4n) is 3.78. The van der Waals surface area contributed by atoms with E-state index >= 15 is 0 Å². The summed E-state index contributed by atoms with van der Waals surface area (Å²) in [5, 5.41) is 0.509. The molecule has 1 saturated heterocycles. The molecule has 0 spiro atoms. The number of nitrogens with zero attached hydrogens (tertiary/aromatic N) is 1. The van der Waals surface area contributed by atoms with E-state index < -0.39 is 29.8 Å². The zero-order valence-electron chi connectivity index (χ0n) is 16.3. The number of β-lactam (4-membered cyclic amide) rings is 1. The largest absolute Gasteiger partial charge is 0.478 e. The monoisotopic (exact) mass is 461 g/mol. The molecular weight excluding hydrogens is 447 g/mol. The Balaban J connectivity index is 1.53. The van der Waals surface area contributed by atoms with Crippen LogP contribution in [0.15, 0.2) is 66.7 Å². The van der Waals surface area contributed by atoms with Crippen molar-refractivity contribution in [1.29, 1.82) is 0 Å². The summed E-state index contributed by atoms with van der Waals surface area (Å²) in [5.41, 5.74) is -0.0667. The summed E-state index contributed by atoms with van der Waals surface area (Å²) in [7, 11) is 0. The van der Waals surface area contributed by atoms with Crippen molar-refractivity contribution in [3.63, 3.8) is 0 Å². The first-order valence-corrected chi connectivity index (χ1v) is 10.0. The van der Waals surface area contributed by atoms with E-state index in [2.05, 4.69) is 0 Å². The minimum absolute atomic E-state index is 0.0738. The minimum Gasteiger partial charge on any atom is -0.478 e. The Labute approximate surface area is 185 Å². The van der Waals surface area contributed by atoms with E-state index in [1.807, 2.05) is 0 Å². The number of alkyl halides is 3. The summed E-state index contributed by atoms with van der Waals surface area (Å²) in [6.07, 6.45) is -5.47. The second kappa shape index (κ2) is 7.63. The molecule has 9 heteroatoms. The van der Waals surface area contributed by atoms with Gasteiger partial charge in [0.2, 0.25) is 12.9 Å². The van der Waals surface area contributed by atoms with Crippen LogP contribution in [-0.4, -0.2) is 18.8 Å². The third-order valence-corrected chi connectivity index (χ3v) is 5.56. The molecule has 2 aliphatic rings. The molecule has 0 aliphatic carbocycles. The average molecular weight is 462 g/mol. The molecule has 5 nitrogen and oxygen atoms in total. The van der Waals surface area contributed by atoms with Crippen molar-refractivity contribution in [2.24, 2.45) is 0 Å². The molecule has 0 aromatic heterocycles. The van der Waals surface area contributed by atoms with Crippen molar-refractivity contribution in [2.75, 3.05) is 11.7 Å². The van der Waals surface area contributed by atoms with Crippen LogP contribution in [0, 0.1) is 0 Å². The van der Waals surface area contributed by atoms with Crippen LogP contribution < -0.4 is 19.1 Å². The maximum atomic E-state index is 13.2. The lowest BCUT2D eigenvalue weighted by Crippen LogP contribution is -2.61. The van der Waals surface area contributed by atoms with Crippen molar-refractivity contribution < 1.29 is 32.2 Å². The fourth-order valence-corrected chi connectivity index (χ4v) is 3.90. The molecule has 0 saturated carbocycles. The number of anilines is 1. The number of fused-ring (bicyclic) bond motifs is 1. The Hall–Kier alpha value is -3.39. The first kappa shape index (κ1) is 20.5. The van der Waals surface area contributed by atoms with Gasteiger partial charge in [0.05, 0.1) is 5.56 Å². The minimum atomic E-state index is -4.53. The Kier molecular flexibility index (Phi) is 4.89. The lowest BCUT2D eigenvalue weighted by Gasteiger charge is -2.46. The van der Waals surface area contributed by atoms with Crippen molar-refractivity contribution in [3.05, 3.63) is 82.9 Å². The van der Waals surface area contributed by atoms with Gasteiger partial charge in [0.1, 0.15) is 11.8 Å². The molecule has 5 rings (SSSR count). The SMILES string of the molecule is O=C1[C@H](Oc2ccc(Cl)cc2)[C@@H](c2ccc3c(c2)OCO3)N1c1cccc(C(F)(F)F)c1. The van der Waals surface area contributed by atoms with Crippen LogP contribution in [0.25, 0.3) is 0 Å². The number of amides is 1. The molecule has 1 amide bonds. The lowest BCUT2D eigenvalue weighted by molar-refractivity contribution is -0.138. The van der Waals surface area contributed by atoms with E-state index in [0.717, 1.165) is 12.1 Å². The number of carbonyl (C=O) groups excluding carboxylic acids is 1. The zero-order valence-corrected chi connectivity index (χ0v) is 17.1. The highest BCUT2D eigenvalue weighted by Gasteiger charge is 2.51. The van der Waals surface area contributed by atoms with Crippen molar-refractivity contribution in [1.82, 2.24) is 0 Å². The molecule has 1 fully saturated rings.